The molecule has 2 aromatic carbocycles. The van der Waals surface area contributed by atoms with E-state index in [1.54, 1.807) is 16.8 Å². The zero-order valence-corrected chi connectivity index (χ0v) is 19.6. The van der Waals surface area contributed by atoms with Gasteiger partial charge < -0.3 is 14.5 Å². The summed E-state index contributed by atoms with van der Waals surface area (Å²) in [6.45, 7) is 2.08. The van der Waals surface area contributed by atoms with Crippen LogP contribution in [0.25, 0.3) is 22.3 Å². The van der Waals surface area contributed by atoms with Crippen LogP contribution in [-0.2, 0) is 6.61 Å². The molecule has 5 rings (SSSR count). The summed E-state index contributed by atoms with van der Waals surface area (Å²) in [5, 5.41) is 18.3. The third-order valence-electron chi connectivity index (χ3n) is 5.43. The van der Waals surface area contributed by atoms with Crippen molar-refractivity contribution in [2.24, 2.45) is 5.16 Å². The number of fused-ring (bicyclic) bond motifs is 1. The van der Waals surface area contributed by atoms with Crippen LogP contribution in [0.4, 0.5) is 0 Å². The number of para-hydroxylation sites is 1. The van der Waals surface area contributed by atoms with Gasteiger partial charge in [0.25, 0.3) is 0 Å². The quantitative estimate of drug-likeness (QED) is 0.174. The van der Waals surface area contributed by atoms with Gasteiger partial charge in [-0.25, -0.2) is 9.67 Å². The van der Waals surface area contributed by atoms with E-state index in [4.69, 9.17) is 38.1 Å². The Kier molecular flexibility index (Phi) is 5.96. The number of hydrogen-bond acceptors (Lipinski definition) is 5. The van der Waals surface area contributed by atoms with E-state index in [2.05, 4.69) is 10.3 Å². The third kappa shape index (κ3) is 4.00. The molecule has 3 aromatic heterocycles. The Hall–Kier alpha value is -3.81. The Bertz CT molecular complexity index is 1510. The topological polar surface area (TPSA) is 77.5 Å². The van der Waals surface area contributed by atoms with Gasteiger partial charge in [0.05, 0.1) is 28.3 Å². The van der Waals surface area contributed by atoms with Crippen LogP contribution in [0.5, 0.6) is 5.75 Å². The third-order valence-corrected chi connectivity index (χ3v) is 6.20. The molecule has 0 saturated carbocycles. The lowest BCUT2D eigenvalue weighted by Gasteiger charge is -2.16. The maximum Gasteiger partial charge on any atom is 0.146 e. The molecule has 7 nitrogen and oxygen atoms in total. The minimum absolute atomic E-state index is 0.141. The van der Waals surface area contributed by atoms with Crippen LogP contribution in [0.15, 0.2) is 78.3 Å². The Morgan fingerprint density at radius 2 is 1.94 bits per heavy atom. The lowest BCUT2D eigenvalue weighted by Crippen LogP contribution is -2.04. The number of pyridine rings is 1. The van der Waals surface area contributed by atoms with Crippen LogP contribution in [0, 0.1) is 6.92 Å². The zero-order chi connectivity index (χ0) is 23.7. The van der Waals surface area contributed by atoms with Crippen molar-refractivity contribution in [3.63, 3.8) is 0 Å². The predicted molar refractivity (Wildman–Crippen MR) is 133 cm³/mol. The van der Waals surface area contributed by atoms with Crippen LogP contribution >= 0.6 is 23.2 Å². The lowest BCUT2D eigenvalue weighted by atomic mass is 10.1. The van der Waals surface area contributed by atoms with E-state index in [9.17, 15) is 0 Å². The van der Waals surface area contributed by atoms with Gasteiger partial charge in [-0.3, -0.25) is 0 Å². The van der Waals surface area contributed by atoms with Gasteiger partial charge in [0, 0.05) is 40.3 Å². The van der Waals surface area contributed by atoms with Gasteiger partial charge in [0.1, 0.15) is 17.9 Å². The average molecular weight is 492 g/mol. The summed E-state index contributed by atoms with van der Waals surface area (Å²) in [5.41, 5.74) is 4.48. The Morgan fingerprint density at radius 1 is 1.06 bits per heavy atom. The van der Waals surface area contributed by atoms with Crippen molar-refractivity contribution in [3.8, 4) is 17.1 Å². The van der Waals surface area contributed by atoms with Crippen molar-refractivity contribution in [1.29, 1.82) is 0 Å². The molecule has 0 fully saturated rings. The molecule has 0 aliphatic heterocycles. The molecule has 34 heavy (non-hydrogen) atoms. The van der Waals surface area contributed by atoms with Crippen LogP contribution in [0.1, 0.15) is 17.0 Å². The summed E-state index contributed by atoms with van der Waals surface area (Å²) in [6.07, 6.45) is 6.79. The fourth-order valence-electron chi connectivity index (χ4n) is 3.88. The molecule has 5 aromatic rings. The highest BCUT2D eigenvalue weighted by Crippen LogP contribution is 2.34. The summed E-state index contributed by atoms with van der Waals surface area (Å²) in [6, 6.07) is 16.9. The summed E-state index contributed by atoms with van der Waals surface area (Å²) >= 11 is 13.3. The number of hydrogen-bond donors (Lipinski definition) is 1. The fourth-order valence-corrected chi connectivity index (χ4v) is 4.45. The number of oxime groups is 1. The van der Waals surface area contributed by atoms with E-state index in [1.807, 2.05) is 72.5 Å². The molecule has 3 heterocycles. The molecule has 170 valence electrons. The van der Waals surface area contributed by atoms with Gasteiger partial charge in [-0.15, -0.1) is 0 Å². The molecule has 0 amide bonds. The summed E-state index contributed by atoms with van der Waals surface area (Å²) in [5.74, 6) is 0.612. The molecule has 0 aliphatic rings. The maximum absolute atomic E-state index is 8.94. The largest absolute Gasteiger partial charge is 0.487 e. The number of benzene rings is 2. The Labute approximate surface area is 205 Å². The van der Waals surface area contributed by atoms with Crippen molar-refractivity contribution >= 4 is 40.3 Å². The van der Waals surface area contributed by atoms with Gasteiger partial charge in [0.2, 0.25) is 0 Å². The average Bonchev–Trinajstić information content (AvgIpc) is 3.52. The second kappa shape index (κ2) is 9.21. The van der Waals surface area contributed by atoms with Gasteiger partial charge >= 0.3 is 0 Å². The number of aryl methyl sites for hydroxylation is 1. The number of nitrogens with zero attached hydrogens (tertiary/aromatic N) is 5. The summed E-state index contributed by atoms with van der Waals surface area (Å²) in [7, 11) is 0. The standard InChI is InChI=1S/C25H19Cl2N5O2/c1-16-13-22(32-12-4-10-28-32)18-6-2-7-23(25(18)30-16)34-15-19-20(26)8-9-21(24(19)27)31-11-3-5-17(31)14-29-33/h2-14,33H,15H2,1H3. The molecular formula is C25H19Cl2N5O2. The van der Waals surface area contributed by atoms with E-state index in [0.717, 1.165) is 22.3 Å². The normalized spacial score (nSPS) is 11.5. The molecule has 0 bridgehead atoms. The highest BCUT2D eigenvalue weighted by molar-refractivity contribution is 6.37. The molecule has 0 saturated heterocycles. The van der Waals surface area contributed by atoms with Gasteiger partial charge in [-0.1, -0.05) is 40.5 Å². The molecule has 0 radical (unpaired) electrons. The first-order valence-electron chi connectivity index (χ1n) is 10.4. The minimum Gasteiger partial charge on any atom is -0.487 e. The molecule has 0 atom stereocenters. The Morgan fingerprint density at radius 3 is 2.74 bits per heavy atom. The highest BCUT2D eigenvalue weighted by atomic mass is 35.5. The predicted octanol–water partition coefficient (Wildman–Crippen LogP) is 6.21. The van der Waals surface area contributed by atoms with E-state index in [1.165, 1.54) is 6.21 Å². The molecule has 0 spiro atoms. The molecular weight excluding hydrogens is 473 g/mol. The first-order chi connectivity index (χ1) is 16.6. The second-order valence-electron chi connectivity index (χ2n) is 7.58. The van der Waals surface area contributed by atoms with Crippen LogP contribution in [0.2, 0.25) is 10.0 Å². The zero-order valence-electron chi connectivity index (χ0n) is 18.1. The number of aromatic nitrogens is 4. The van der Waals surface area contributed by atoms with Gasteiger partial charge in [0.15, 0.2) is 0 Å². The molecule has 1 N–H and O–H groups in total. The number of halogens is 2. The van der Waals surface area contributed by atoms with E-state index < -0.39 is 0 Å². The lowest BCUT2D eigenvalue weighted by molar-refractivity contribution is 0.309. The van der Waals surface area contributed by atoms with E-state index in [-0.39, 0.29) is 6.61 Å². The van der Waals surface area contributed by atoms with E-state index >= 15 is 0 Å². The van der Waals surface area contributed by atoms with Crippen LogP contribution in [0.3, 0.4) is 0 Å². The first kappa shape index (κ1) is 22.0. The van der Waals surface area contributed by atoms with Crippen LogP contribution in [-0.4, -0.2) is 30.8 Å². The van der Waals surface area contributed by atoms with Crippen molar-refractivity contribution in [2.45, 2.75) is 13.5 Å². The van der Waals surface area contributed by atoms with Crippen molar-refractivity contribution in [1.82, 2.24) is 19.3 Å². The molecule has 0 unspecified atom stereocenters. The highest BCUT2D eigenvalue weighted by Gasteiger charge is 2.16. The SMILES string of the molecule is Cc1cc(-n2cccn2)c2cccc(OCc3c(Cl)ccc(-n4cccc4C=NO)c3Cl)c2n1. The smallest absolute Gasteiger partial charge is 0.146 e. The number of rotatable bonds is 6. The fraction of sp³-hybridized carbons (Fsp3) is 0.0800. The Balaban J connectivity index is 1.53. The minimum atomic E-state index is 0.141. The van der Waals surface area contributed by atoms with Crippen molar-refractivity contribution in [2.75, 3.05) is 0 Å². The molecule has 9 heteroatoms. The number of ether oxygens (including phenoxy) is 1. The second-order valence-corrected chi connectivity index (χ2v) is 8.37. The van der Waals surface area contributed by atoms with Gasteiger partial charge in [-0.05, 0) is 49.4 Å². The van der Waals surface area contributed by atoms with E-state index in [0.29, 0.717) is 32.7 Å². The maximum atomic E-state index is 8.94. The first-order valence-corrected chi connectivity index (χ1v) is 11.2. The van der Waals surface area contributed by atoms with Crippen LogP contribution < -0.4 is 4.74 Å². The van der Waals surface area contributed by atoms with Gasteiger partial charge in [-0.2, -0.15) is 5.10 Å². The van der Waals surface area contributed by atoms with Crippen molar-refractivity contribution < 1.29 is 9.94 Å². The molecule has 0 aliphatic carbocycles. The summed E-state index contributed by atoms with van der Waals surface area (Å²) < 4.78 is 9.82. The summed E-state index contributed by atoms with van der Waals surface area (Å²) in [4.78, 5) is 4.72. The van der Waals surface area contributed by atoms with Crippen molar-refractivity contribution in [3.05, 3.63) is 100 Å². The monoisotopic (exact) mass is 491 g/mol.